The lowest BCUT2D eigenvalue weighted by Gasteiger charge is -2.33. The van der Waals surface area contributed by atoms with Crippen LogP contribution in [0.15, 0.2) is 46.9 Å². The third-order valence-corrected chi connectivity index (χ3v) is 5.25. The van der Waals surface area contributed by atoms with E-state index in [0.29, 0.717) is 12.3 Å². The molecule has 1 heterocycles. The highest BCUT2D eigenvalue weighted by Crippen LogP contribution is 2.32. The first-order chi connectivity index (χ1) is 12.7. The summed E-state index contributed by atoms with van der Waals surface area (Å²) in [4.78, 5) is 2.43. The van der Waals surface area contributed by atoms with Crippen LogP contribution in [-0.2, 0) is 17.8 Å². The number of hydrogen-bond acceptors (Lipinski definition) is 5. The fourth-order valence-corrected chi connectivity index (χ4v) is 3.61. The monoisotopic (exact) mass is 420 g/mol. The highest BCUT2D eigenvalue weighted by Gasteiger charge is 2.20. The fourth-order valence-electron chi connectivity index (χ4n) is 3.14. The Kier molecular flexibility index (Phi) is 6.91. The van der Waals surface area contributed by atoms with Crippen LogP contribution in [0.25, 0.3) is 0 Å². The third-order valence-electron chi connectivity index (χ3n) is 4.51. The molecule has 0 aliphatic carbocycles. The predicted molar refractivity (Wildman–Crippen MR) is 106 cm³/mol. The molecular weight excluding hydrogens is 396 g/mol. The van der Waals surface area contributed by atoms with Gasteiger partial charge in [0.1, 0.15) is 0 Å². The van der Waals surface area contributed by atoms with Gasteiger partial charge < -0.3 is 19.9 Å². The largest absolute Gasteiger partial charge is 0.504 e. The van der Waals surface area contributed by atoms with Gasteiger partial charge in [0.15, 0.2) is 11.5 Å². The highest BCUT2D eigenvalue weighted by atomic mass is 79.9. The van der Waals surface area contributed by atoms with E-state index in [1.165, 1.54) is 5.56 Å². The molecule has 0 unspecified atom stereocenters. The van der Waals surface area contributed by atoms with Crippen LogP contribution in [0.3, 0.4) is 0 Å². The summed E-state index contributed by atoms with van der Waals surface area (Å²) in [5, 5.41) is 13.4. The average molecular weight is 421 g/mol. The number of rotatable bonds is 7. The van der Waals surface area contributed by atoms with Crippen molar-refractivity contribution in [2.75, 3.05) is 33.4 Å². The number of phenolic OH excluding ortho intramolecular Hbond substituents is 1. The number of methoxy groups -OCH3 is 1. The van der Waals surface area contributed by atoms with Gasteiger partial charge in [0.2, 0.25) is 0 Å². The number of phenols is 1. The molecule has 0 radical (unpaired) electrons. The van der Waals surface area contributed by atoms with Crippen LogP contribution in [0, 0.1) is 0 Å². The Hall–Kier alpha value is -1.60. The second kappa shape index (κ2) is 9.37. The van der Waals surface area contributed by atoms with Crippen molar-refractivity contribution in [2.24, 2.45) is 0 Å². The molecule has 140 valence electrons. The summed E-state index contributed by atoms with van der Waals surface area (Å²) in [6.45, 7) is 5.01. The van der Waals surface area contributed by atoms with Crippen LogP contribution in [0.2, 0.25) is 0 Å². The summed E-state index contributed by atoms with van der Waals surface area (Å²) in [5.41, 5.74) is 2.32. The normalized spacial score (nSPS) is 18.0. The smallest absolute Gasteiger partial charge is 0.161 e. The second-order valence-corrected chi connectivity index (χ2v) is 7.31. The molecule has 2 aromatic rings. The average Bonchev–Trinajstić information content (AvgIpc) is 2.65. The molecule has 0 saturated carbocycles. The summed E-state index contributed by atoms with van der Waals surface area (Å²) in [7, 11) is 1.54. The summed E-state index contributed by atoms with van der Waals surface area (Å²) in [6, 6.07) is 14.0. The van der Waals surface area contributed by atoms with Crippen LogP contribution in [0.4, 0.5) is 0 Å². The Labute approximate surface area is 163 Å². The van der Waals surface area contributed by atoms with Crippen molar-refractivity contribution in [2.45, 2.75) is 19.2 Å². The van der Waals surface area contributed by atoms with Crippen molar-refractivity contribution in [3.8, 4) is 11.5 Å². The molecule has 5 nitrogen and oxygen atoms in total. The molecule has 0 amide bonds. The van der Waals surface area contributed by atoms with E-state index in [1.54, 1.807) is 19.2 Å². The molecule has 2 aromatic carbocycles. The van der Waals surface area contributed by atoms with E-state index in [0.717, 1.165) is 42.8 Å². The van der Waals surface area contributed by atoms with Gasteiger partial charge in [-0.15, -0.1) is 0 Å². The van der Waals surface area contributed by atoms with Gasteiger partial charge in [-0.1, -0.05) is 46.3 Å². The van der Waals surface area contributed by atoms with Crippen molar-refractivity contribution >= 4 is 15.9 Å². The Balaban J connectivity index is 1.48. The van der Waals surface area contributed by atoms with Crippen LogP contribution >= 0.6 is 15.9 Å². The van der Waals surface area contributed by atoms with E-state index >= 15 is 0 Å². The molecule has 0 aromatic heterocycles. The first-order valence-corrected chi connectivity index (χ1v) is 9.59. The van der Waals surface area contributed by atoms with Gasteiger partial charge in [-0.3, -0.25) is 4.90 Å². The van der Waals surface area contributed by atoms with Crippen LogP contribution in [-0.4, -0.2) is 49.5 Å². The minimum Gasteiger partial charge on any atom is -0.504 e. The predicted octanol–water partition coefficient (Wildman–Crippen LogP) is 3.15. The number of halogens is 1. The molecule has 26 heavy (non-hydrogen) atoms. The van der Waals surface area contributed by atoms with E-state index in [4.69, 9.17) is 9.47 Å². The lowest BCUT2D eigenvalue weighted by atomic mass is 10.1. The first kappa shape index (κ1) is 19.2. The molecule has 3 rings (SSSR count). The Morgan fingerprint density at radius 1 is 1.31 bits per heavy atom. The van der Waals surface area contributed by atoms with Gasteiger partial charge in [0, 0.05) is 37.2 Å². The summed E-state index contributed by atoms with van der Waals surface area (Å²) in [6.07, 6.45) is 0.165. The Morgan fingerprint density at radius 2 is 2.12 bits per heavy atom. The van der Waals surface area contributed by atoms with E-state index in [9.17, 15) is 5.11 Å². The molecule has 1 atom stereocenters. The molecule has 0 bridgehead atoms. The van der Waals surface area contributed by atoms with Gasteiger partial charge in [-0.2, -0.15) is 0 Å². The molecule has 1 aliphatic heterocycles. The zero-order valence-corrected chi connectivity index (χ0v) is 16.5. The molecular formula is C20H25BrN2O3. The van der Waals surface area contributed by atoms with Gasteiger partial charge in [-0.05, 0) is 23.3 Å². The van der Waals surface area contributed by atoms with E-state index in [2.05, 4.69) is 50.4 Å². The van der Waals surface area contributed by atoms with Crippen LogP contribution in [0.5, 0.6) is 11.5 Å². The van der Waals surface area contributed by atoms with Crippen molar-refractivity contribution in [1.82, 2.24) is 10.2 Å². The Morgan fingerprint density at radius 3 is 2.88 bits per heavy atom. The fraction of sp³-hybridized carbons (Fsp3) is 0.400. The number of hydrogen-bond donors (Lipinski definition) is 2. The molecule has 0 spiro atoms. The number of aromatic hydroxyl groups is 1. The minimum absolute atomic E-state index is 0.149. The number of nitrogens with one attached hydrogen (secondary N) is 1. The number of morpholine rings is 1. The van der Waals surface area contributed by atoms with E-state index in [-0.39, 0.29) is 11.9 Å². The molecule has 2 N–H and O–H groups in total. The number of benzene rings is 2. The molecule has 6 heteroatoms. The van der Waals surface area contributed by atoms with E-state index < -0.39 is 0 Å². The summed E-state index contributed by atoms with van der Waals surface area (Å²) in [5.74, 6) is 0.614. The molecule has 1 saturated heterocycles. The first-order valence-electron chi connectivity index (χ1n) is 8.79. The number of nitrogens with zero attached hydrogens (tertiary/aromatic N) is 1. The number of ether oxygens (including phenoxy) is 2. The topological polar surface area (TPSA) is 54.0 Å². The lowest BCUT2D eigenvalue weighted by molar-refractivity contribution is -0.0300. The van der Waals surface area contributed by atoms with Gasteiger partial charge in [0.25, 0.3) is 0 Å². The van der Waals surface area contributed by atoms with Gasteiger partial charge in [0.05, 0.1) is 19.8 Å². The SMILES string of the molecule is COc1cc(Br)c(CNC[C@H]2CN(Cc3ccccc3)CCO2)cc1O. The quantitative estimate of drug-likeness (QED) is 0.720. The van der Waals surface area contributed by atoms with Crippen molar-refractivity contribution < 1.29 is 14.6 Å². The maximum absolute atomic E-state index is 9.93. The molecule has 1 aliphatic rings. The second-order valence-electron chi connectivity index (χ2n) is 6.46. The Bertz CT molecular complexity index is 712. The van der Waals surface area contributed by atoms with Crippen LogP contribution < -0.4 is 10.1 Å². The summed E-state index contributed by atoms with van der Waals surface area (Å²) >= 11 is 3.52. The lowest BCUT2D eigenvalue weighted by Crippen LogP contribution is -2.46. The van der Waals surface area contributed by atoms with Crippen molar-refractivity contribution in [3.63, 3.8) is 0 Å². The van der Waals surface area contributed by atoms with Crippen molar-refractivity contribution in [3.05, 3.63) is 58.1 Å². The highest BCUT2D eigenvalue weighted by molar-refractivity contribution is 9.10. The maximum Gasteiger partial charge on any atom is 0.161 e. The van der Waals surface area contributed by atoms with E-state index in [1.807, 2.05) is 6.07 Å². The zero-order valence-electron chi connectivity index (χ0n) is 15.0. The minimum atomic E-state index is 0.149. The van der Waals surface area contributed by atoms with Gasteiger partial charge in [-0.25, -0.2) is 0 Å². The van der Waals surface area contributed by atoms with Crippen molar-refractivity contribution in [1.29, 1.82) is 0 Å². The summed E-state index contributed by atoms with van der Waals surface area (Å²) < 4.78 is 11.9. The van der Waals surface area contributed by atoms with Crippen LogP contribution in [0.1, 0.15) is 11.1 Å². The van der Waals surface area contributed by atoms with Gasteiger partial charge >= 0.3 is 0 Å². The standard InChI is InChI=1S/C20H25BrN2O3/c1-25-20-10-18(21)16(9-19(20)24)11-22-12-17-14-23(7-8-26-17)13-15-5-3-2-4-6-15/h2-6,9-10,17,22,24H,7-8,11-14H2,1H3/t17-/m0/s1. The third kappa shape index (κ3) is 5.20. The maximum atomic E-state index is 9.93. The zero-order chi connectivity index (χ0) is 18.4. The molecule has 1 fully saturated rings.